The fourth-order valence-corrected chi connectivity index (χ4v) is 6.31. The van der Waals surface area contributed by atoms with Gasteiger partial charge in [-0.05, 0) is 66.1 Å². The highest BCUT2D eigenvalue weighted by atomic mass is 16.3. The van der Waals surface area contributed by atoms with Gasteiger partial charge in [0, 0.05) is 22.5 Å². The van der Waals surface area contributed by atoms with Crippen LogP contribution in [0, 0.1) is 6.92 Å². The molecule has 0 radical (unpaired) electrons. The molecule has 8 aromatic rings. The maximum Gasteiger partial charge on any atom is 0.239 e. The van der Waals surface area contributed by atoms with Crippen molar-refractivity contribution in [2.24, 2.45) is 7.05 Å². The standard InChI is InChI=1S/C37H27N2O/c1-24-17-19-29-28-20-18-26(25-11-5-3-6-12-25)23-34(28)40-37(29)35(24)32-21-22-33-36(38(32)2)30-15-9-10-16-31(30)39(33)27-13-7-4-8-14-27/h3-23H,1-2H3/q+1. The number of rotatable bonds is 3. The van der Waals surface area contributed by atoms with Gasteiger partial charge in [-0.1, -0.05) is 78.9 Å². The van der Waals surface area contributed by atoms with Crippen molar-refractivity contribution in [1.29, 1.82) is 0 Å². The zero-order valence-corrected chi connectivity index (χ0v) is 22.4. The number of pyridine rings is 1. The molecule has 0 atom stereocenters. The molecule has 3 heterocycles. The summed E-state index contributed by atoms with van der Waals surface area (Å²) in [6.45, 7) is 2.18. The topological polar surface area (TPSA) is 21.9 Å². The third-order valence-electron chi connectivity index (χ3n) is 8.21. The summed E-state index contributed by atoms with van der Waals surface area (Å²) in [6, 6.07) is 45.2. The Hall–Kier alpha value is -5.15. The van der Waals surface area contributed by atoms with Gasteiger partial charge in [-0.15, -0.1) is 0 Å². The van der Waals surface area contributed by atoms with Crippen molar-refractivity contribution in [3.63, 3.8) is 0 Å². The summed E-state index contributed by atoms with van der Waals surface area (Å²) in [4.78, 5) is 0. The Morgan fingerprint density at radius 1 is 0.600 bits per heavy atom. The highest BCUT2D eigenvalue weighted by Gasteiger charge is 2.26. The van der Waals surface area contributed by atoms with Crippen LogP contribution in [0.15, 0.2) is 132 Å². The first-order valence-corrected chi connectivity index (χ1v) is 13.7. The van der Waals surface area contributed by atoms with Gasteiger partial charge in [-0.2, -0.15) is 4.57 Å². The number of aromatic nitrogens is 2. The summed E-state index contributed by atoms with van der Waals surface area (Å²) in [7, 11) is 2.17. The highest BCUT2D eigenvalue weighted by Crippen LogP contribution is 2.39. The van der Waals surface area contributed by atoms with E-state index in [1.54, 1.807) is 0 Å². The highest BCUT2D eigenvalue weighted by molar-refractivity contribution is 6.11. The van der Waals surface area contributed by atoms with Gasteiger partial charge in [0.2, 0.25) is 11.2 Å². The van der Waals surface area contributed by atoms with Crippen LogP contribution in [-0.2, 0) is 7.05 Å². The van der Waals surface area contributed by atoms with E-state index in [-0.39, 0.29) is 0 Å². The molecule has 0 unspecified atom stereocenters. The molecule has 5 aromatic carbocycles. The number of furan rings is 1. The van der Waals surface area contributed by atoms with Crippen molar-refractivity contribution in [1.82, 2.24) is 4.57 Å². The van der Waals surface area contributed by atoms with Crippen molar-refractivity contribution in [2.45, 2.75) is 6.92 Å². The summed E-state index contributed by atoms with van der Waals surface area (Å²) in [5.41, 5.74) is 12.4. The van der Waals surface area contributed by atoms with Crippen LogP contribution in [-0.4, -0.2) is 4.57 Å². The molecular weight excluding hydrogens is 488 g/mol. The molecule has 0 bridgehead atoms. The number of aryl methyl sites for hydroxylation is 2. The smallest absolute Gasteiger partial charge is 0.239 e. The van der Waals surface area contributed by atoms with E-state index < -0.39 is 0 Å². The molecule has 0 fully saturated rings. The quantitative estimate of drug-likeness (QED) is 0.215. The van der Waals surface area contributed by atoms with Gasteiger partial charge in [-0.25, -0.2) is 0 Å². The van der Waals surface area contributed by atoms with E-state index in [1.807, 2.05) is 6.07 Å². The molecule has 3 nitrogen and oxygen atoms in total. The first-order chi connectivity index (χ1) is 19.7. The normalized spacial score (nSPS) is 11.8. The Balaban J connectivity index is 1.40. The van der Waals surface area contributed by atoms with Crippen LogP contribution in [0.2, 0.25) is 0 Å². The minimum atomic E-state index is 0.910. The maximum atomic E-state index is 6.69. The molecule has 190 valence electrons. The molecule has 0 aliphatic rings. The summed E-state index contributed by atoms with van der Waals surface area (Å²) in [5.74, 6) is 0. The zero-order valence-electron chi connectivity index (χ0n) is 22.4. The minimum absolute atomic E-state index is 0.910. The van der Waals surface area contributed by atoms with Crippen molar-refractivity contribution >= 4 is 43.9 Å². The number of para-hydroxylation sites is 2. The second kappa shape index (κ2) is 8.69. The predicted octanol–water partition coefficient (Wildman–Crippen LogP) is 9.15. The van der Waals surface area contributed by atoms with E-state index in [2.05, 4.69) is 144 Å². The Morgan fingerprint density at radius 2 is 1.32 bits per heavy atom. The van der Waals surface area contributed by atoms with Gasteiger partial charge in [-0.3, -0.25) is 0 Å². The minimum Gasteiger partial charge on any atom is -0.455 e. The summed E-state index contributed by atoms with van der Waals surface area (Å²) in [5, 5.41) is 3.51. The second-order valence-corrected chi connectivity index (χ2v) is 10.5. The summed E-state index contributed by atoms with van der Waals surface area (Å²) in [6.07, 6.45) is 0. The lowest BCUT2D eigenvalue weighted by molar-refractivity contribution is -0.632. The zero-order chi connectivity index (χ0) is 26.8. The largest absolute Gasteiger partial charge is 0.455 e. The number of hydrogen-bond donors (Lipinski definition) is 0. The lowest BCUT2D eigenvalue weighted by Crippen LogP contribution is -2.32. The number of fused-ring (bicyclic) bond motifs is 6. The molecule has 0 aliphatic heterocycles. The van der Waals surface area contributed by atoms with Crippen LogP contribution >= 0.6 is 0 Å². The first kappa shape index (κ1) is 22.8. The van der Waals surface area contributed by atoms with Gasteiger partial charge in [0.05, 0.1) is 16.5 Å². The third-order valence-corrected chi connectivity index (χ3v) is 8.21. The fourth-order valence-electron chi connectivity index (χ4n) is 6.31. The number of benzene rings is 5. The van der Waals surface area contributed by atoms with Crippen LogP contribution in [0.25, 0.3) is 71.9 Å². The van der Waals surface area contributed by atoms with Gasteiger partial charge in [0.1, 0.15) is 23.7 Å². The van der Waals surface area contributed by atoms with Crippen LogP contribution < -0.4 is 4.57 Å². The summed E-state index contributed by atoms with van der Waals surface area (Å²) < 4.78 is 11.4. The van der Waals surface area contributed by atoms with Gasteiger partial charge in [0.25, 0.3) is 0 Å². The molecule has 40 heavy (non-hydrogen) atoms. The van der Waals surface area contributed by atoms with Crippen molar-refractivity contribution in [2.75, 3.05) is 0 Å². The first-order valence-electron chi connectivity index (χ1n) is 13.7. The van der Waals surface area contributed by atoms with Crippen LogP contribution in [0.3, 0.4) is 0 Å². The van der Waals surface area contributed by atoms with E-state index >= 15 is 0 Å². The molecule has 3 aromatic heterocycles. The average Bonchev–Trinajstić information content (AvgIpc) is 3.54. The average molecular weight is 516 g/mol. The number of nitrogens with zero attached hydrogens (tertiary/aromatic N) is 2. The van der Waals surface area contributed by atoms with Crippen LogP contribution in [0.5, 0.6) is 0 Å². The molecule has 0 saturated heterocycles. The monoisotopic (exact) mass is 515 g/mol. The van der Waals surface area contributed by atoms with E-state index in [9.17, 15) is 0 Å². The Labute approximate surface area is 232 Å². The molecule has 0 amide bonds. The lowest BCUT2D eigenvalue weighted by Gasteiger charge is -2.08. The Kier molecular flexibility index (Phi) is 4.95. The molecule has 0 N–H and O–H groups in total. The van der Waals surface area contributed by atoms with Gasteiger partial charge < -0.3 is 8.98 Å². The van der Waals surface area contributed by atoms with Gasteiger partial charge >= 0.3 is 0 Å². The lowest BCUT2D eigenvalue weighted by atomic mass is 9.99. The predicted molar refractivity (Wildman–Crippen MR) is 165 cm³/mol. The van der Waals surface area contributed by atoms with E-state index in [1.165, 1.54) is 33.1 Å². The Bertz CT molecular complexity index is 2220. The maximum absolute atomic E-state index is 6.69. The fraction of sp³-hybridized carbons (Fsp3) is 0.0541. The van der Waals surface area contributed by atoms with Crippen molar-refractivity contribution < 1.29 is 8.98 Å². The van der Waals surface area contributed by atoms with Crippen molar-refractivity contribution in [3.05, 3.63) is 133 Å². The van der Waals surface area contributed by atoms with Gasteiger partial charge in [0.15, 0.2) is 0 Å². The number of hydrogen-bond acceptors (Lipinski definition) is 1. The third kappa shape index (κ3) is 3.28. The van der Waals surface area contributed by atoms with Crippen LogP contribution in [0.4, 0.5) is 0 Å². The van der Waals surface area contributed by atoms with Crippen molar-refractivity contribution in [3.8, 4) is 28.1 Å². The molecule has 0 aliphatic carbocycles. The molecule has 8 rings (SSSR count). The molecule has 0 spiro atoms. The van der Waals surface area contributed by atoms with E-state index in [0.717, 1.165) is 44.4 Å². The molecule has 3 heteroatoms. The second-order valence-electron chi connectivity index (χ2n) is 10.5. The van der Waals surface area contributed by atoms with Crippen LogP contribution in [0.1, 0.15) is 5.56 Å². The van der Waals surface area contributed by atoms with E-state index in [0.29, 0.717) is 0 Å². The summed E-state index contributed by atoms with van der Waals surface area (Å²) >= 11 is 0. The Morgan fingerprint density at radius 3 is 2.15 bits per heavy atom. The SMILES string of the molecule is Cc1ccc2c(oc3cc(-c4ccccc4)ccc32)c1-c1ccc2c(c3ccccc3n2-c2ccccc2)[n+]1C. The van der Waals surface area contributed by atoms with E-state index in [4.69, 9.17) is 4.42 Å². The molecule has 0 saturated carbocycles. The molecular formula is C37H27N2O+.